The van der Waals surface area contributed by atoms with E-state index >= 15 is 0 Å². The van der Waals surface area contributed by atoms with Crippen LogP contribution in [0, 0.1) is 0 Å². The highest BCUT2D eigenvalue weighted by molar-refractivity contribution is 5.71. The Labute approximate surface area is 414 Å². The van der Waals surface area contributed by atoms with Gasteiger partial charge in [0.05, 0.1) is 0 Å². The number of hydrogen-bond donors (Lipinski definition) is 0. The quantitative estimate of drug-likeness (QED) is 0.0262. The summed E-state index contributed by atoms with van der Waals surface area (Å²) < 4.78 is 16.8. The summed E-state index contributed by atoms with van der Waals surface area (Å²) in [6.45, 7) is 6.47. The van der Waals surface area contributed by atoms with Crippen molar-refractivity contribution in [2.24, 2.45) is 0 Å². The smallest absolute Gasteiger partial charge is 0.306 e. The van der Waals surface area contributed by atoms with Crippen LogP contribution in [0.25, 0.3) is 0 Å². The molecule has 0 aliphatic rings. The van der Waals surface area contributed by atoms with Crippen molar-refractivity contribution in [2.45, 2.75) is 271 Å². The van der Waals surface area contributed by atoms with Crippen LogP contribution in [0.3, 0.4) is 0 Å². The Morgan fingerprint density at radius 3 is 0.970 bits per heavy atom. The van der Waals surface area contributed by atoms with E-state index in [2.05, 4.69) is 106 Å². The fourth-order valence-electron chi connectivity index (χ4n) is 7.63. The molecule has 0 saturated heterocycles. The third kappa shape index (κ3) is 53.4. The van der Waals surface area contributed by atoms with Gasteiger partial charge in [0.15, 0.2) is 6.10 Å². The Morgan fingerprint density at radius 1 is 0.313 bits per heavy atom. The lowest BCUT2D eigenvalue weighted by atomic mass is 10.1. The molecule has 0 rings (SSSR count). The summed E-state index contributed by atoms with van der Waals surface area (Å²) >= 11 is 0. The SMILES string of the molecule is CC/C=C\C/C=C\C/C=C\C/C=C\CCCCCC(=O)OC(COC(=O)CCCCCCC/C=C\CCCCCCCCC)COC(=O)CCCCCCCCC/C=C\C/C=C\CCCCC. The normalized spacial score (nSPS) is 12.7. The molecule has 384 valence electrons. The van der Waals surface area contributed by atoms with Crippen molar-refractivity contribution in [3.8, 4) is 0 Å². The average molecular weight is 933 g/mol. The first-order valence-corrected chi connectivity index (χ1v) is 28.1. The van der Waals surface area contributed by atoms with Crippen LogP contribution < -0.4 is 0 Å². The van der Waals surface area contributed by atoms with Gasteiger partial charge in [-0.25, -0.2) is 0 Å². The largest absolute Gasteiger partial charge is 0.462 e. The number of hydrogen-bond acceptors (Lipinski definition) is 6. The molecule has 0 aliphatic carbocycles. The average Bonchev–Trinajstić information content (AvgIpc) is 3.33. The second kappa shape index (κ2) is 55.2. The monoisotopic (exact) mass is 933 g/mol. The zero-order valence-electron chi connectivity index (χ0n) is 43.9. The lowest BCUT2D eigenvalue weighted by Gasteiger charge is -2.18. The van der Waals surface area contributed by atoms with E-state index in [-0.39, 0.29) is 37.5 Å². The Hall–Kier alpha value is -3.41. The van der Waals surface area contributed by atoms with E-state index in [0.717, 1.165) is 109 Å². The molecule has 0 fully saturated rings. The minimum absolute atomic E-state index is 0.0964. The highest BCUT2D eigenvalue weighted by Crippen LogP contribution is 2.14. The van der Waals surface area contributed by atoms with Crippen molar-refractivity contribution < 1.29 is 28.6 Å². The highest BCUT2D eigenvalue weighted by Gasteiger charge is 2.19. The fourth-order valence-corrected chi connectivity index (χ4v) is 7.63. The maximum Gasteiger partial charge on any atom is 0.306 e. The van der Waals surface area contributed by atoms with Crippen molar-refractivity contribution in [3.05, 3.63) is 85.1 Å². The predicted molar refractivity (Wildman–Crippen MR) is 288 cm³/mol. The van der Waals surface area contributed by atoms with Crippen molar-refractivity contribution >= 4 is 17.9 Å². The van der Waals surface area contributed by atoms with Crippen molar-refractivity contribution in [1.82, 2.24) is 0 Å². The number of ether oxygens (including phenoxy) is 3. The van der Waals surface area contributed by atoms with E-state index in [1.54, 1.807) is 0 Å². The zero-order chi connectivity index (χ0) is 48.6. The molecular weight excluding hydrogens is 829 g/mol. The summed E-state index contributed by atoms with van der Waals surface area (Å²) in [7, 11) is 0. The zero-order valence-corrected chi connectivity index (χ0v) is 43.9. The van der Waals surface area contributed by atoms with Crippen LogP contribution in [0.1, 0.15) is 265 Å². The number of carbonyl (C=O) groups is 3. The van der Waals surface area contributed by atoms with Crippen molar-refractivity contribution in [3.63, 3.8) is 0 Å². The van der Waals surface area contributed by atoms with E-state index in [0.29, 0.717) is 12.8 Å². The number of unbranched alkanes of at least 4 members (excludes halogenated alkanes) is 25. The molecule has 0 aromatic carbocycles. The van der Waals surface area contributed by atoms with Crippen LogP contribution >= 0.6 is 0 Å². The summed E-state index contributed by atoms with van der Waals surface area (Å²) in [5.74, 6) is -0.939. The molecule has 6 nitrogen and oxygen atoms in total. The van der Waals surface area contributed by atoms with E-state index < -0.39 is 6.10 Å². The third-order valence-electron chi connectivity index (χ3n) is 11.9. The first-order valence-electron chi connectivity index (χ1n) is 28.1. The van der Waals surface area contributed by atoms with Gasteiger partial charge in [-0.05, 0) is 116 Å². The Morgan fingerprint density at radius 2 is 0.582 bits per heavy atom. The standard InChI is InChI=1S/C61H104O6/c1-4-7-10-13-16-19-22-25-28-31-34-36-39-42-45-48-51-54-60(63)66-57-58(67-61(64)55-52-49-46-43-40-37-33-30-27-24-21-18-15-12-9-6-3)56-65-59(62)53-50-47-44-41-38-35-32-29-26-23-20-17-14-11-8-5-2/h9,12,16,18-19,21,25,27-30,32,37,40,58H,4-8,10-11,13-15,17,20,22-24,26,31,33-36,38-39,41-57H2,1-3H3/b12-9-,19-16-,21-18-,28-25-,30-27-,32-29-,40-37-. The van der Waals surface area contributed by atoms with E-state index in [9.17, 15) is 14.4 Å². The van der Waals surface area contributed by atoms with Crippen LogP contribution in [-0.2, 0) is 28.6 Å². The molecular formula is C61H104O6. The van der Waals surface area contributed by atoms with Gasteiger partial charge in [-0.1, -0.05) is 215 Å². The predicted octanol–water partition coefficient (Wildman–Crippen LogP) is 18.8. The summed E-state index contributed by atoms with van der Waals surface area (Å²) in [6, 6.07) is 0. The van der Waals surface area contributed by atoms with E-state index in [1.165, 1.54) is 116 Å². The second-order valence-electron chi connectivity index (χ2n) is 18.5. The highest BCUT2D eigenvalue weighted by atomic mass is 16.6. The number of carbonyl (C=O) groups excluding carboxylic acids is 3. The molecule has 6 heteroatoms. The molecule has 1 atom stereocenters. The molecule has 0 aromatic rings. The maximum absolute atomic E-state index is 12.8. The molecule has 0 bridgehead atoms. The maximum atomic E-state index is 12.8. The lowest BCUT2D eigenvalue weighted by Crippen LogP contribution is -2.30. The number of allylic oxidation sites excluding steroid dienone is 14. The van der Waals surface area contributed by atoms with Gasteiger partial charge in [0.25, 0.3) is 0 Å². The molecule has 0 spiro atoms. The Kier molecular flexibility index (Phi) is 52.4. The van der Waals surface area contributed by atoms with E-state index in [4.69, 9.17) is 14.2 Å². The molecule has 0 aromatic heterocycles. The minimum Gasteiger partial charge on any atom is -0.462 e. The van der Waals surface area contributed by atoms with Gasteiger partial charge < -0.3 is 14.2 Å². The van der Waals surface area contributed by atoms with Gasteiger partial charge in [-0.15, -0.1) is 0 Å². The summed E-state index contributed by atoms with van der Waals surface area (Å²) in [5.41, 5.74) is 0. The van der Waals surface area contributed by atoms with Crippen molar-refractivity contribution in [2.75, 3.05) is 13.2 Å². The second-order valence-corrected chi connectivity index (χ2v) is 18.5. The van der Waals surface area contributed by atoms with Gasteiger partial charge >= 0.3 is 17.9 Å². The van der Waals surface area contributed by atoms with Gasteiger partial charge in [0.1, 0.15) is 13.2 Å². The molecule has 0 heterocycles. The first-order chi connectivity index (χ1) is 33.0. The summed E-state index contributed by atoms with van der Waals surface area (Å²) in [6.07, 6.45) is 71.4. The molecule has 0 aliphatic heterocycles. The van der Waals surface area contributed by atoms with Gasteiger partial charge in [0.2, 0.25) is 0 Å². The molecule has 0 radical (unpaired) electrons. The molecule has 0 amide bonds. The number of esters is 3. The van der Waals surface area contributed by atoms with Crippen LogP contribution in [0.2, 0.25) is 0 Å². The Bertz CT molecular complexity index is 1300. The van der Waals surface area contributed by atoms with Gasteiger partial charge in [-0.2, -0.15) is 0 Å². The first kappa shape index (κ1) is 63.6. The van der Waals surface area contributed by atoms with Crippen LogP contribution in [0.15, 0.2) is 85.1 Å². The number of rotatable bonds is 50. The fraction of sp³-hybridized carbons (Fsp3) is 0.721. The molecule has 0 saturated carbocycles. The van der Waals surface area contributed by atoms with E-state index in [1.807, 2.05) is 0 Å². The van der Waals surface area contributed by atoms with Gasteiger partial charge in [-0.3, -0.25) is 14.4 Å². The van der Waals surface area contributed by atoms with Crippen LogP contribution in [0.5, 0.6) is 0 Å². The summed E-state index contributed by atoms with van der Waals surface area (Å²) in [4.78, 5) is 38.1. The van der Waals surface area contributed by atoms with Gasteiger partial charge in [0, 0.05) is 19.3 Å². The van der Waals surface area contributed by atoms with Crippen LogP contribution in [0.4, 0.5) is 0 Å². The molecule has 0 N–H and O–H groups in total. The van der Waals surface area contributed by atoms with Crippen molar-refractivity contribution in [1.29, 1.82) is 0 Å². The topological polar surface area (TPSA) is 78.9 Å². The third-order valence-corrected chi connectivity index (χ3v) is 11.9. The van der Waals surface area contributed by atoms with Crippen LogP contribution in [-0.4, -0.2) is 37.2 Å². The minimum atomic E-state index is -0.800. The molecule has 1 unspecified atom stereocenters. The molecule has 67 heavy (non-hydrogen) atoms. The Balaban J connectivity index is 4.46. The summed E-state index contributed by atoms with van der Waals surface area (Å²) in [5, 5.41) is 0. The lowest BCUT2D eigenvalue weighted by molar-refractivity contribution is -0.167.